The number of allylic oxidation sites excluding steroid dienone is 3. The number of nitrogens with one attached hydrogen (secondary N) is 1. The van der Waals surface area contributed by atoms with Gasteiger partial charge in [0.2, 0.25) is 0 Å². The summed E-state index contributed by atoms with van der Waals surface area (Å²) in [7, 11) is 1.36. The monoisotopic (exact) mass is 711 g/mol. The molecule has 0 aliphatic carbocycles. The van der Waals surface area contributed by atoms with Gasteiger partial charge in [0, 0.05) is 42.6 Å². The second kappa shape index (κ2) is 21.5. The van der Waals surface area contributed by atoms with Gasteiger partial charge in [0.25, 0.3) is 0 Å². The molecular formula is C32H33N5O2Os. The number of esters is 1. The van der Waals surface area contributed by atoms with Crippen LogP contribution in [0.2, 0.25) is 0 Å². The van der Waals surface area contributed by atoms with E-state index in [-0.39, 0.29) is 19.8 Å². The minimum atomic E-state index is -0.400. The van der Waals surface area contributed by atoms with Crippen LogP contribution in [0.25, 0.3) is 33.9 Å². The molecule has 206 valence electrons. The first kappa shape index (κ1) is 35.5. The summed E-state index contributed by atoms with van der Waals surface area (Å²) in [6.07, 6.45) is 10.5. The molecule has 0 fully saturated rings. The van der Waals surface area contributed by atoms with Gasteiger partial charge in [-0.05, 0) is 36.8 Å². The van der Waals surface area contributed by atoms with E-state index in [1.54, 1.807) is 42.9 Å². The van der Waals surface area contributed by atoms with Crippen LogP contribution in [0.1, 0.15) is 43.7 Å². The van der Waals surface area contributed by atoms with Crippen molar-refractivity contribution in [3.63, 3.8) is 0 Å². The van der Waals surface area contributed by atoms with E-state index in [4.69, 9.17) is 15.7 Å². The van der Waals surface area contributed by atoms with Crippen molar-refractivity contribution in [2.45, 2.75) is 27.7 Å². The fraction of sp³-hybridized carbons (Fsp3) is 0.156. The second-order valence-corrected chi connectivity index (χ2v) is 7.16. The summed E-state index contributed by atoms with van der Waals surface area (Å²) in [5.74, 6) is -0.400. The normalized spacial score (nSPS) is 9.65. The Balaban J connectivity index is 0.000000718. The van der Waals surface area contributed by atoms with Gasteiger partial charge in [-0.2, -0.15) is 5.26 Å². The molecule has 8 heteroatoms. The molecule has 4 rings (SSSR count). The van der Waals surface area contributed by atoms with E-state index in [9.17, 15) is 4.79 Å². The molecule has 0 aliphatic heterocycles. The summed E-state index contributed by atoms with van der Waals surface area (Å²) in [5, 5.41) is 7.32. The fourth-order valence-electron chi connectivity index (χ4n) is 2.93. The van der Waals surface area contributed by atoms with Crippen LogP contribution < -0.4 is 0 Å². The van der Waals surface area contributed by atoms with E-state index < -0.39 is 5.97 Å². The van der Waals surface area contributed by atoms with E-state index in [0.717, 1.165) is 22.5 Å². The van der Waals surface area contributed by atoms with Gasteiger partial charge in [0.15, 0.2) is 0 Å². The Morgan fingerprint density at radius 1 is 0.925 bits per heavy atom. The Labute approximate surface area is 250 Å². The molecule has 0 atom stereocenters. The summed E-state index contributed by atoms with van der Waals surface area (Å²) in [6.45, 7) is 7.35. The Morgan fingerprint density at radius 2 is 1.40 bits per heavy atom. The number of hydrogen-bond donors (Lipinski definition) is 0. The van der Waals surface area contributed by atoms with Gasteiger partial charge in [-0.3, -0.25) is 15.0 Å². The van der Waals surface area contributed by atoms with Crippen LogP contribution in [0, 0.1) is 17.4 Å². The van der Waals surface area contributed by atoms with Crippen LogP contribution in [-0.4, -0.2) is 28.0 Å². The SMILES string of the molecule is C/C=C\C=C(/[NH-])c1ccccn1.CC.CC#N.COC(=O)c1cc(-c2ccccn2)[c-]c(-c2ccccn2)c1.[Os+2]. The number of nitriles is 1. The average molecular weight is 710 g/mol. The topological polar surface area (TPSA) is 113 Å². The number of pyridine rings is 3. The first-order valence-corrected chi connectivity index (χ1v) is 12.3. The number of aromatic nitrogens is 3. The maximum Gasteiger partial charge on any atom is 2.00 e. The molecule has 3 heterocycles. The summed E-state index contributed by atoms with van der Waals surface area (Å²) in [4.78, 5) is 24.6. The maximum absolute atomic E-state index is 11.9. The molecule has 1 aromatic carbocycles. The first-order valence-electron chi connectivity index (χ1n) is 12.3. The molecule has 0 amide bonds. The van der Waals surface area contributed by atoms with Crippen LogP contribution in [0.3, 0.4) is 0 Å². The molecule has 0 radical (unpaired) electrons. The van der Waals surface area contributed by atoms with Crippen LogP contribution in [-0.2, 0) is 24.5 Å². The molecule has 3 aromatic heterocycles. The summed E-state index contributed by atoms with van der Waals surface area (Å²) in [5.41, 5.74) is 12.1. The van der Waals surface area contributed by atoms with E-state index in [1.807, 2.05) is 87.5 Å². The van der Waals surface area contributed by atoms with E-state index in [0.29, 0.717) is 17.0 Å². The number of hydrogen-bond acceptors (Lipinski definition) is 6. The molecule has 1 N–H and O–H groups in total. The quantitative estimate of drug-likeness (QED) is 0.118. The molecule has 0 bridgehead atoms. The van der Waals surface area contributed by atoms with Gasteiger partial charge in [-0.15, -0.1) is 23.9 Å². The molecule has 0 saturated carbocycles. The Hall–Kier alpha value is -4.45. The third-order valence-corrected chi connectivity index (χ3v) is 4.57. The number of carbonyl (C=O) groups excluding carboxylic acids is 1. The average Bonchev–Trinajstić information content (AvgIpc) is 3.02. The van der Waals surface area contributed by atoms with Crippen LogP contribution in [0.5, 0.6) is 0 Å². The molecule has 0 aliphatic rings. The van der Waals surface area contributed by atoms with Crippen LogP contribution in [0.4, 0.5) is 0 Å². The van der Waals surface area contributed by atoms with Crippen molar-refractivity contribution in [2.75, 3.05) is 7.11 Å². The van der Waals surface area contributed by atoms with Crippen molar-refractivity contribution < 1.29 is 29.3 Å². The van der Waals surface area contributed by atoms with Crippen LogP contribution in [0.15, 0.2) is 104 Å². The third kappa shape index (κ3) is 12.4. The fourth-order valence-corrected chi connectivity index (χ4v) is 2.93. The zero-order valence-electron chi connectivity index (χ0n) is 23.3. The van der Waals surface area contributed by atoms with Crippen molar-refractivity contribution in [3.8, 4) is 28.6 Å². The van der Waals surface area contributed by atoms with E-state index >= 15 is 0 Å². The molecular weight excluding hydrogens is 677 g/mol. The minimum Gasteiger partial charge on any atom is -0.697 e. The Morgan fingerprint density at radius 3 is 1.77 bits per heavy atom. The van der Waals surface area contributed by atoms with Crippen molar-refractivity contribution in [3.05, 3.63) is 127 Å². The minimum absolute atomic E-state index is 0. The smallest absolute Gasteiger partial charge is 0.697 e. The number of carbonyl (C=O) groups is 1. The molecule has 7 nitrogen and oxygen atoms in total. The van der Waals surface area contributed by atoms with Gasteiger partial charge in [0.05, 0.1) is 13.2 Å². The predicted molar refractivity (Wildman–Crippen MR) is 157 cm³/mol. The first-order chi connectivity index (χ1) is 19.0. The van der Waals surface area contributed by atoms with Gasteiger partial charge in [0.1, 0.15) is 0 Å². The molecule has 40 heavy (non-hydrogen) atoms. The molecule has 4 aromatic rings. The maximum atomic E-state index is 11.9. The van der Waals surface area contributed by atoms with Gasteiger partial charge in [-0.25, -0.2) is 4.79 Å². The van der Waals surface area contributed by atoms with Crippen LogP contribution >= 0.6 is 0 Å². The Kier molecular flexibility index (Phi) is 19.1. The molecule has 0 saturated heterocycles. The van der Waals surface area contributed by atoms with Gasteiger partial charge < -0.3 is 10.5 Å². The largest absolute Gasteiger partial charge is 2.00 e. The summed E-state index contributed by atoms with van der Waals surface area (Å²) in [6, 6.07) is 25.2. The van der Waals surface area contributed by atoms with Crippen molar-refractivity contribution in [1.29, 1.82) is 5.26 Å². The van der Waals surface area contributed by atoms with Gasteiger partial charge >= 0.3 is 25.8 Å². The Bertz CT molecular complexity index is 1300. The summed E-state index contributed by atoms with van der Waals surface area (Å²) >= 11 is 0. The second-order valence-electron chi connectivity index (χ2n) is 7.16. The third-order valence-electron chi connectivity index (χ3n) is 4.57. The van der Waals surface area contributed by atoms with E-state index in [1.165, 1.54) is 14.0 Å². The van der Waals surface area contributed by atoms with Crippen molar-refractivity contribution >= 4 is 11.7 Å². The standard InChI is InChI=1S/C18H13N2O2.C10H11N2.C2H3N.C2H6.Os/c1-22-18(21)15-11-13(16-6-2-4-8-19-16)10-14(12-15)17-7-3-5-9-20-17;1-2-3-6-9(11)10-7-4-5-8-12-10;1-2-3;1-2;/h2-9,11-12H,1H3;2-8,11H,1H3;1H3;1-2H3;/q2*-1;;;+2/b;3-2-,9-6-;;;. The van der Waals surface area contributed by atoms with Crippen molar-refractivity contribution in [1.82, 2.24) is 15.0 Å². The molecule has 0 unspecified atom stereocenters. The molecule has 0 spiro atoms. The number of rotatable bonds is 5. The summed E-state index contributed by atoms with van der Waals surface area (Å²) < 4.78 is 4.82. The number of benzene rings is 1. The number of nitrogens with zero attached hydrogens (tertiary/aromatic N) is 4. The number of methoxy groups -OCH3 is 1. The zero-order chi connectivity index (χ0) is 28.9. The number of ether oxygens (including phenoxy) is 1. The van der Waals surface area contributed by atoms with E-state index in [2.05, 4.69) is 21.0 Å². The predicted octanol–water partition coefficient (Wildman–Crippen LogP) is 8.00. The zero-order valence-corrected chi connectivity index (χ0v) is 25.8. The van der Waals surface area contributed by atoms with Crippen molar-refractivity contribution in [2.24, 2.45) is 0 Å². The van der Waals surface area contributed by atoms with Gasteiger partial charge in [-0.1, -0.05) is 73.5 Å².